The van der Waals surface area contributed by atoms with Crippen molar-refractivity contribution >= 4 is 40.4 Å². The molecule has 0 unspecified atom stereocenters. The number of hydrazine groups is 1. The monoisotopic (exact) mass is 329 g/mol. The zero-order valence-electron chi connectivity index (χ0n) is 11.0. The zero-order valence-corrected chi connectivity index (χ0v) is 13.3. The van der Waals surface area contributed by atoms with Crippen molar-refractivity contribution in [1.82, 2.24) is 15.4 Å². The van der Waals surface area contributed by atoms with Crippen molar-refractivity contribution in [2.24, 2.45) is 0 Å². The number of hydrogen-bond acceptors (Lipinski definition) is 4. The number of halogens is 2. The predicted octanol–water partition coefficient (Wildman–Crippen LogP) is 3.25. The quantitative estimate of drug-likeness (QED) is 0.876. The highest BCUT2D eigenvalue weighted by atomic mass is 35.5. The molecular formula is C13H13Cl2N3OS. The van der Waals surface area contributed by atoms with E-state index in [2.05, 4.69) is 10.4 Å². The van der Waals surface area contributed by atoms with E-state index in [0.717, 1.165) is 10.6 Å². The number of aromatic nitrogens is 1. The molecule has 0 atom stereocenters. The minimum Gasteiger partial charge on any atom is -0.281 e. The summed E-state index contributed by atoms with van der Waals surface area (Å²) in [5, 5.41) is 2.85. The molecule has 1 aromatic carbocycles. The molecule has 0 aliphatic heterocycles. The van der Waals surface area contributed by atoms with E-state index < -0.39 is 0 Å². The maximum Gasteiger partial charge on any atom is 0.242 e. The maximum atomic E-state index is 11.8. The van der Waals surface area contributed by atoms with E-state index >= 15 is 0 Å². The van der Waals surface area contributed by atoms with Crippen molar-refractivity contribution in [3.05, 3.63) is 39.3 Å². The van der Waals surface area contributed by atoms with Crippen molar-refractivity contribution in [1.29, 1.82) is 0 Å². The smallest absolute Gasteiger partial charge is 0.242 e. The second kappa shape index (κ2) is 6.54. The lowest BCUT2D eigenvalue weighted by Gasteiger charge is -2.14. The summed E-state index contributed by atoms with van der Waals surface area (Å²) in [6, 6.07) is 7.35. The molecule has 4 nitrogen and oxygen atoms in total. The summed E-state index contributed by atoms with van der Waals surface area (Å²) >= 11 is 13.4. The van der Waals surface area contributed by atoms with E-state index in [1.165, 1.54) is 16.3 Å². The molecule has 0 fully saturated rings. The Kier molecular flexibility index (Phi) is 4.99. The molecule has 106 valence electrons. The van der Waals surface area contributed by atoms with Crippen LogP contribution in [0.25, 0.3) is 10.6 Å². The summed E-state index contributed by atoms with van der Waals surface area (Å²) in [6.45, 7) is 0. The Balaban J connectivity index is 2.21. The molecule has 0 saturated carbocycles. The molecule has 0 radical (unpaired) electrons. The van der Waals surface area contributed by atoms with Crippen LogP contribution in [-0.4, -0.2) is 30.0 Å². The van der Waals surface area contributed by atoms with E-state index in [1.807, 2.05) is 12.1 Å². The second-order valence-corrected chi connectivity index (χ2v) is 6.14. The van der Waals surface area contributed by atoms with Gasteiger partial charge in [-0.1, -0.05) is 35.3 Å². The molecule has 0 bridgehead atoms. The largest absolute Gasteiger partial charge is 0.281 e. The lowest BCUT2D eigenvalue weighted by atomic mass is 10.2. The van der Waals surface area contributed by atoms with Crippen LogP contribution in [0.2, 0.25) is 9.36 Å². The molecule has 20 heavy (non-hydrogen) atoms. The number of rotatable bonds is 4. The van der Waals surface area contributed by atoms with E-state index in [0.29, 0.717) is 15.1 Å². The number of benzene rings is 1. The van der Waals surface area contributed by atoms with Crippen molar-refractivity contribution < 1.29 is 4.79 Å². The number of carbonyl (C=O) groups is 1. The molecule has 0 aliphatic rings. The number of amides is 1. The number of thiazole rings is 1. The van der Waals surface area contributed by atoms with Crippen molar-refractivity contribution in [2.75, 3.05) is 14.1 Å². The van der Waals surface area contributed by atoms with Crippen LogP contribution in [0.3, 0.4) is 0 Å². The first-order valence-electron chi connectivity index (χ1n) is 5.86. The third-order valence-electron chi connectivity index (χ3n) is 2.77. The Labute approximate surface area is 131 Å². The maximum absolute atomic E-state index is 11.8. The van der Waals surface area contributed by atoms with Crippen molar-refractivity contribution in [3.8, 4) is 10.6 Å². The van der Waals surface area contributed by atoms with Gasteiger partial charge in [0.05, 0.1) is 12.1 Å². The van der Waals surface area contributed by atoms with Gasteiger partial charge in [-0.15, -0.1) is 11.3 Å². The van der Waals surface area contributed by atoms with Gasteiger partial charge in [-0.2, -0.15) is 0 Å². The van der Waals surface area contributed by atoms with E-state index in [1.54, 1.807) is 26.2 Å². The standard InChI is InChI=1S/C13H13Cl2N3OS/c1-16-18(2)11(19)7-10-12(15)20-13(17-10)8-3-5-9(14)6-4-8/h3-6,16H,7H2,1-2H3. The number of likely N-dealkylation sites (N-methyl/N-ethyl adjacent to an activating group) is 1. The summed E-state index contributed by atoms with van der Waals surface area (Å²) in [5.41, 5.74) is 4.27. The van der Waals surface area contributed by atoms with Crippen LogP contribution in [0.1, 0.15) is 5.69 Å². The Morgan fingerprint density at radius 2 is 2.00 bits per heavy atom. The summed E-state index contributed by atoms with van der Waals surface area (Å²) in [7, 11) is 3.34. The van der Waals surface area contributed by atoms with Gasteiger partial charge in [0.25, 0.3) is 0 Å². The average Bonchev–Trinajstić information content (AvgIpc) is 2.80. The van der Waals surface area contributed by atoms with Gasteiger partial charge in [0.2, 0.25) is 5.91 Å². The molecule has 1 amide bonds. The number of hydrogen-bond donors (Lipinski definition) is 1. The Hall–Kier alpha value is -1.14. The fourth-order valence-electron chi connectivity index (χ4n) is 1.54. The summed E-state index contributed by atoms with van der Waals surface area (Å²) in [6.07, 6.45) is 0.167. The van der Waals surface area contributed by atoms with Gasteiger partial charge in [0.15, 0.2) is 0 Å². The topological polar surface area (TPSA) is 45.2 Å². The Bertz CT molecular complexity index is 613. The van der Waals surface area contributed by atoms with Crippen LogP contribution in [0.4, 0.5) is 0 Å². The first-order valence-corrected chi connectivity index (χ1v) is 7.43. The van der Waals surface area contributed by atoms with E-state index in [4.69, 9.17) is 23.2 Å². The van der Waals surface area contributed by atoms with Crippen LogP contribution in [0.5, 0.6) is 0 Å². The highest BCUT2D eigenvalue weighted by Crippen LogP contribution is 2.32. The summed E-state index contributed by atoms with van der Waals surface area (Å²) in [4.78, 5) is 16.3. The SMILES string of the molecule is CNN(C)C(=O)Cc1nc(-c2ccc(Cl)cc2)sc1Cl. The van der Waals surface area contributed by atoms with Gasteiger partial charge in [0, 0.05) is 24.7 Å². The third kappa shape index (κ3) is 3.49. The van der Waals surface area contributed by atoms with Crippen LogP contribution in [-0.2, 0) is 11.2 Å². The van der Waals surface area contributed by atoms with Gasteiger partial charge in [-0.3, -0.25) is 9.80 Å². The normalized spacial score (nSPS) is 10.6. The predicted molar refractivity (Wildman–Crippen MR) is 83.1 cm³/mol. The minimum atomic E-state index is -0.0950. The molecule has 0 aliphatic carbocycles. The number of nitrogens with zero attached hydrogens (tertiary/aromatic N) is 2. The van der Waals surface area contributed by atoms with Gasteiger partial charge in [-0.05, 0) is 12.1 Å². The molecule has 1 aromatic heterocycles. The highest BCUT2D eigenvalue weighted by molar-refractivity contribution is 7.19. The van der Waals surface area contributed by atoms with Crippen LogP contribution < -0.4 is 5.43 Å². The summed E-state index contributed by atoms with van der Waals surface area (Å²) in [5.74, 6) is -0.0950. The van der Waals surface area contributed by atoms with Crippen LogP contribution >= 0.6 is 34.5 Å². The van der Waals surface area contributed by atoms with Crippen molar-refractivity contribution in [2.45, 2.75) is 6.42 Å². The average molecular weight is 330 g/mol. The summed E-state index contributed by atoms with van der Waals surface area (Å²) < 4.78 is 0.535. The van der Waals surface area contributed by atoms with Gasteiger partial charge in [-0.25, -0.2) is 10.4 Å². The Morgan fingerprint density at radius 1 is 1.35 bits per heavy atom. The number of carbonyl (C=O) groups excluding carboxylic acids is 1. The first kappa shape index (κ1) is 15.3. The molecule has 2 aromatic rings. The third-order valence-corrected chi connectivity index (χ3v) is 4.41. The van der Waals surface area contributed by atoms with E-state index in [9.17, 15) is 4.79 Å². The Morgan fingerprint density at radius 3 is 2.60 bits per heavy atom. The molecule has 0 saturated heterocycles. The molecule has 1 N–H and O–H groups in total. The highest BCUT2D eigenvalue weighted by Gasteiger charge is 2.16. The van der Waals surface area contributed by atoms with Gasteiger partial charge < -0.3 is 0 Å². The molecule has 7 heteroatoms. The number of nitrogens with one attached hydrogen (secondary N) is 1. The van der Waals surface area contributed by atoms with Crippen LogP contribution in [0, 0.1) is 0 Å². The van der Waals surface area contributed by atoms with Gasteiger partial charge in [0.1, 0.15) is 9.34 Å². The minimum absolute atomic E-state index is 0.0950. The molecule has 0 spiro atoms. The first-order chi connectivity index (χ1) is 9.51. The molecular weight excluding hydrogens is 317 g/mol. The zero-order chi connectivity index (χ0) is 14.7. The lowest BCUT2D eigenvalue weighted by Crippen LogP contribution is -2.37. The fraction of sp³-hybridized carbons (Fsp3) is 0.231. The van der Waals surface area contributed by atoms with Crippen molar-refractivity contribution in [3.63, 3.8) is 0 Å². The molecule has 1 heterocycles. The fourth-order valence-corrected chi connectivity index (χ4v) is 2.81. The lowest BCUT2D eigenvalue weighted by molar-refractivity contribution is -0.131. The van der Waals surface area contributed by atoms with Gasteiger partial charge >= 0.3 is 0 Å². The second-order valence-electron chi connectivity index (χ2n) is 4.10. The van der Waals surface area contributed by atoms with E-state index in [-0.39, 0.29) is 12.3 Å². The molecule has 2 rings (SSSR count). The van der Waals surface area contributed by atoms with Crippen LogP contribution in [0.15, 0.2) is 24.3 Å².